The van der Waals surface area contributed by atoms with Crippen LogP contribution in [-0.2, 0) is 0 Å². The molecule has 0 heteroatoms. The maximum Gasteiger partial charge on any atom is 0.0714 e. The van der Waals surface area contributed by atoms with E-state index in [0.29, 0.717) is 0 Å². The Morgan fingerprint density at radius 3 is 0.753 bits per heavy atom. The highest BCUT2D eigenvalue weighted by atomic mass is 14.5. The topological polar surface area (TPSA) is 0 Å². The summed E-state index contributed by atoms with van der Waals surface area (Å²) in [6, 6.07) is 101. The van der Waals surface area contributed by atoms with E-state index in [0.717, 1.165) is 33.4 Å². The van der Waals surface area contributed by atoms with Gasteiger partial charge in [-0.15, -0.1) is 0 Å². The van der Waals surface area contributed by atoms with Gasteiger partial charge in [0.05, 0.1) is 5.41 Å². The van der Waals surface area contributed by atoms with Crippen molar-refractivity contribution in [2.45, 2.75) is 0 Å². The molecule has 0 unspecified atom stereocenters. The standard InChI is InChI=1S/C81H56/c1-9-25-59(26-10-1)75(60-27-11-2-12-28-60)51-57-41-45-71-67(49-57)53-79-73(71)47-43-69(55-77(63-33-17-5-18-34-63)64-35-19-6-20-36-64)81(79)70(56-78(65-37-21-7-22-38-65)66-39-23-8-24-40-66)44-48-74-72-46-42-58(50-68(72)54-80(74)81)52-76(61-29-13-3-14-30-61)62-31-15-4-16-32-62/h1-56H. The first-order valence-electron chi connectivity index (χ1n) is 28.0. The molecule has 10 aromatic rings. The van der Waals surface area contributed by atoms with Gasteiger partial charge in [0.15, 0.2) is 0 Å². The fourth-order valence-electron chi connectivity index (χ4n) is 12.6. The van der Waals surface area contributed by atoms with Crippen LogP contribution in [0.25, 0.3) is 57.7 Å². The van der Waals surface area contributed by atoms with E-state index >= 15 is 0 Å². The molecule has 0 amide bonds. The second-order valence-corrected chi connectivity index (χ2v) is 21.1. The Morgan fingerprint density at radius 1 is 0.247 bits per heavy atom. The summed E-state index contributed by atoms with van der Waals surface area (Å²) in [4.78, 5) is 0. The first-order valence-corrected chi connectivity index (χ1v) is 28.0. The van der Waals surface area contributed by atoms with Crippen LogP contribution >= 0.6 is 0 Å². The fourth-order valence-corrected chi connectivity index (χ4v) is 12.6. The molecule has 1 spiro atoms. The van der Waals surface area contributed by atoms with Crippen molar-refractivity contribution in [2.75, 3.05) is 0 Å². The lowest BCUT2D eigenvalue weighted by molar-refractivity contribution is 0.682. The van der Waals surface area contributed by atoms with Gasteiger partial charge in [-0.1, -0.05) is 291 Å². The maximum absolute atomic E-state index is 2.52. The summed E-state index contributed by atoms with van der Waals surface area (Å²) in [5, 5.41) is 0. The maximum atomic E-state index is 2.52. The van der Waals surface area contributed by atoms with Crippen molar-refractivity contribution in [3.05, 3.63) is 416 Å². The molecule has 0 nitrogen and oxygen atoms in total. The molecule has 81 heavy (non-hydrogen) atoms. The first-order chi connectivity index (χ1) is 40.2. The van der Waals surface area contributed by atoms with Crippen LogP contribution < -0.4 is 0 Å². The van der Waals surface area contributed by atoms with Crippen LogP contribution in [0.1, 0.15) is 77.9 Å². The summed E-state index contributed by atoms with van der Waals surface area (Å²) in [7, 11) is 0. The van der Waals surface area contributed by atoms with E-state index in [1.807, 2.05) is 0 Å². The molecule has 10 aromatic carbocycles. The summed E-state index contributed by atoms with van der Waals surface area (Å²) in [6.45, 7) is 0. The fraction of sp³-hybridized carbons (Fsp3) is 0.0123. The molecule has 0 radical (unpaired) electrons. The van der Waals surface area contributed by atoms with Gasteiger partial charge in [0.2, 0.25) is 0 Å². The van der Waals surface area contributed by atoms with Gasteiger partial charge < -0.3 is 0 Å². The smallest absolute Gasteiger partial charge is 0.0622 e. The predicted octanol–water partition coefficient (Wildman–Crippen LogP) is 20.3. The SMILES string of the molecule is C(=C(c1ccccc1)c1ccccc1)C1=CC=C2C(=Cc3cc(C=C(c4ccccc4)c4ccccc4)ccc32)C12C(C=C(c1ccccc1)c1ccccc1)=CC=C1C2=Cc2cc(C=C(c3ccccc3)c3ccccc3)ccc21. The molecular weight excluding hydrogens is 973 g/mol. The van der Waals surface area contributed by atoms with Gasteiger partial charge in [-0.25, -0.2) is 0 Å². The lowest BCUT2D eigenvalue weighted by Crippen LogP contribution is -2.33. The third kappa shape index (κ3) is 9.23. The first kappa shape index (κ1) is 48.9. The minimum atomic E-state index is -0.791. The second-order valence-electron chi connectivity index (χ2n) is 21.1. The van der Waals surface area contributed by atoms with Gasteiger partial charge in [0.25, 0.3) is 0 Å². The van der Waals surface area contributed by atoms with Crippen LogP contribution in [0.5, 0.6) is 0 Å². The lowest BCUT2D eigenvalue weighted by atomic mass is 9.56. The molecule has 0 saturated heterocycles. The van der Waals surface area contributed by atoms with E-state index in [2.05, 4.69) is 340 Å². The van der Waals surface area contributed by atoms with Gasteiger partial charge in [0.1, 0.15) is 0 Å². The Morgan fingerprint density at radius 2 is 0.494 bits per heavy atom. The van der Waals surface area contributed by atoms with Crippen LogP contribution in [0, 0.1) is 5.41 Å². The van der Waals surface area contributed by atoms with E-state index in [1.54, 1.807) is 0 Å². The van der Waals surface area contributed by atoms with Crippen LogP contribution in [0.2, 0.25) is 0 Å². The minimum Gasteiger partial charge on any atom is -0.0622 e. The van der Waals surface area contributed by atoms with Crippen LogP contribution in [0.15, 0.2) is 338 Å². The molecule has 4 aliphatic rings. The number of hydrogen-bond acceptors (Lipinski definition) is 0. The molecule has 0 bridgehead atoms. The Hall–Kier alpha value is -10.4. The van der Waals surface area contributed by atoms with Crippen LogP contribution in [0.3, 0.4) is 0 Å². The number of rotatable bonds is 12. The quantitative estimate of drug-likeness (QED) is 0.107. The summed E-state index contributed by atoms with van der Waals surface area (Å²) in [6.07, 6.45) is 24.4. The molecule has 0 N–H and O–H groups in total. The van der Waals surface area contributed by atoms with Crippen molar-refractivity contribution >= 4 is 57.7 Å². The predicted molar refractivity (Wildman–Crippen MR) is 343 cm³/mol. The highest BCUT2D eigenvalue weighted by Gasteiger charge is 2.51. The van der Waals surface area contributed by atoms with E-state index < -0.39 is 5.41 Å². The van der Waals surface area contributed by atoms with Crippen molar-refractivity contribution in [1.29, 1.82) is 0 Å². The van der Waals surface area contributed by atoms with Crippen molar-refractivity contribution in [3.8, 4) is 0 Å². The highest BCUT2D eigenvalue weighted by molar-refractivity contribution is 6.09. The zero-order valence-electron chi connectivity index (χ0n) is 44.8. The molecule has 0 fully saturated rings. The van der Waals surface area contributed by atoms with E-state index in [1.165, 1.54) is 100 Å². The zero-order chi connectivity index (χ0) is 54.0. The third-order valence-electron chi connectivity index (χ3n) is 16.3. The van der Waals surface area contributed by atoms with Gasteiger partial charge in [0, 0.05) is 0 Å². The molecule has 0 aliphatic heterocycles. The van der Waals surface area contributed by atoms with E-state index in [-0.39, 0.29) is 0 Å². The molecular formula is C81H56. The summed E-state index contributed by atoms with van der Waals surface area (Å²) < 4.78 is 0. The van der Waals surface area contributed by atoms with Gasteiger partial charge in [-0.05, 0) is 182 Å². The normalized spacial score (nSPS) is 14.0. The van der Waals surface area contributed by atoms with Gasteiger partial charge in [-0.2, -0.15) is 0 Å². The summed E-state index contributed by atoms with van der Waals surface area (Å²) in [5.41, 5.74) is 27.9. The van der Waals surface area contributed by atoms with Gasteiger partial charge in [-0.3, -0.25) is 0 Å². The Kier molecular flexibility index (Phi) is 13.0. The Balaban J connectivity index is 1.03. The molecule has 4 aliphatic carbocycles. The van der Waals surface area contributed by atoms with E-state index in [9.17, 15) is 0 Å². The second kappa shape index (κ2) is 21.4. The Bertz CT molecular complexity index is 3880. The lowest BCUT2D eigenvalue weighted by Gasteiger charge is -2.45. The molecule has 0 aromatic heterocycles. The monoisotopic (exact) mass is 1030 g/mol. The number of benzene rings is 10. The number of allylic oxidation sites excluding steroid dienone is 12. The van der Waals surface area contributed by atoms with Gasteiger partial charge >= 0.3 is 0 Å². The van der Waals surface area contributed by atoms with Crippen molar-refractivity contribution in [3.63, 3.8) is 0 Å². The average Bonchev–Trinajstić information content (AvgIpc) is 4.09. The van der Waals surface area contributed by atoms with Crippen LogP contribution in [-0.4, -0.2) is 0 Å². The molecule has 0 saturated carbocycles. The largest absolute Gasteiger partial charge is 0.0714 e. The van der Waals surface area contributed by atoms with Crippen molar-refractivity contribution in [1.82, 2.24) is 0 Å². The summed E-state index contributed by atoms with van der Waals surface area (Å²) in [5.74, 6) is 0. The van der Waals surface area contributed by atoms with Crippen LogP contribution in [0.4, 0.5) is 0 Å². The molecule has 380 valence electrons. The number of hydrogen-bond donors (Lipinski definition) is 0. The minimum absolute atomic E-state index is 0.791. The highest BCUT2D eigenvalue weighted by Crippen LogP contribution is 2.65. The average molecular weight is 1030 g/mol. The summed E-state index contributed by atoms with van der Waals surface area (Å²) >= 11 is 0. The van der Waals surface area contributed by atoms with E-state index in [4.69, 9.17) is 0 Å². The molecule has 0 heterocycles. The molecule has 0 atom stereocenters. The number of fused-ring (bicyclic) bond motifs is 8. The third-order valence-corrected chi connectivity index (χ3v) is 16.3. The molecule has 14 rings (SSSR count). The zero-order valence-corrected chi connectivity index (χ0v) is 44.8. The van der Waals surface area contributed by atoms with Crippen molar-refractivity contribution < 1.29 is 0 Å². The Labute approximate surface area is 476 Å². The van der Waals surface area contributed by atoms with Crippen molar-refractivity contribution in [2.24, 2.45) is 5.41 Å².